The molecular formula is C17H16FN3O4S. The average Bonchev–Trinajstić information content (AvgIpc) is 3.03. The number of carbonyl (C=O) groups excluding carboxylic acids is 1. The van der Waals surface area contributed by atoms with Gasteiger partial charge in [0.1, 0.15) is 19.0 Å². The maximum Gasteiger partial charge on any atom is 0.359 e. The fourth-order valence-electron chi connectivity index (χ4n) is 2.44. The molecule has 1 aromatic carbocycles. The van der Waals surface area contributed by atoms with Gasteiger partial charge in [-0.15, -0.1) is 11.3 Å². The summed E-state index contributed by atoms with van der Waals surface area (Å²) in [6, 6.07) is 6.35. The van der Waals surface area contributed by atoms with E-state index < -0.39 is 18.2 Å². The Morgan fingerprint density at radius 2 is 2.08 bits per heavy atom. The second kappa shape index (κ2) is 7.52. The Labute approximate surface area is 151 Å². The van der Waals surface area contributed by atoms with Crippen LogP contribution < -0.4 is 16.0 Å². The third-order valence-corrected chi connectivity index (χ3v) is 4.39. The summed E-state index contributed by atoms with van der Waals surface area (Å²) in [5, 5.41) is 6.69. The van der Waals surface area contributed by atoms with Gasteiger partial charge in [-0.3, -0.25) is 4.79 Å². The maximum atomic E-state index is 12.8. The number of ether oxygens (including phenoxy) is 2. The van der Waals surface area contributed by atoms with Gasteiger partial charge in [-0.05, 0) is 31.2 Å². The van der Waals surface area contributed by atoms with Gasteiger partial charge < -0.3 is 15.2 Å². The molecule has 0 fully saturated rings. The first-order chi connectivity index (χ1) is 12.6. The average molecular weight is 376 g/mol. The first-order valence-corrected chi connectivity index (χ1v) is 8.71. The number of halogens is 1. The van der Waals surface area contributed by atoms with Gasteiger partial charge in [0.2, 0.25) is 0 Å². The van der Waals surface area contributed by atoms with E-state index in [2.05, 4.69) is 5.10 Å². The normalized spacial score (nSPS) is 10.8. The maximum absolute atomic E-state index is 12.8. The van der Waals surface area contributed by atoms with Gasteiger partial charge in [-0.1, -0.05) is 0 Å². The number of nitrogens with two attached hydrogens (primary N) is 1. The standard InChI is InChI=1S/C17H16FN3O4S/c1-2-24-17(23)14-12-9-26-15(19)13(12)16(22)21(20-14)10-3-5-11(6-4-10)25-8-7-18/h3-6,9H,2,7-8,19H2,1H3/i18-1. The van der Waals surface area contributed by atoms with Gasteiger partial charge >= 0.3 is 5.97 Å². The van der Waals surface area contributed by atoms with Crippen molar-refractivity contribution in [1.29, 1.82) is 0 Å². The Morgan fingerprint density at radius 1 is 1.35 bits per heavy atom. The number of alkyl halides is 1. The zero-order valence-electron chi connectivity index (χ0n) is 13.9. The van der Waals surface area contributed by atoms with Crippen molar-refractivity contribution in [2.75, 3.05) is 25.6 Å². The summed E-state index contributed by atoms with van der Waals surface area (Å²) in [4.78, 5) is 25.0. The van der Waals surface area contributed by atoms with E-state index in [0.29, 0.717) is 21.8 Å². The molecule has 2 heterocycles. The molecule has 2 N–H and O–H groups in total. The second-order valence-corrected chi connectivity index (χ2v) is 6.12. The van der Waals surface area contributed by atoms with Crippen LogP contribution in [0.15, 0.2) is 34.4 Å². The molecule has 0 saturated carbocycles. The predicted octanol–water partition coefficient (Wildman–Crippen LogP) is 2.55. The molecule has 0 radical (unpaired) electrons. The number of aromatic nitrogens is 2. The minimum Gasteiger partial charge on any atom is -0.491 e. The number of carbonyl (C=O) groups is 1. The molecule has 0 unspecified atom stereocenters. The van der Waals surface area contributed by atoms with Crippen LogP contribution in [-0.4, -0.2) is 35.6 Å². The quantitative estimate of drug-likeness (QED) is 0.664. The molecule has 136 valence electrons. The summed E-state index contributed by atoms with van der Waals surface area (Å²) in [5.41, 5.74) is 5.91. The van der Waals surface area contributed by atoms with Gasteiger partial charge in [-0.2, -0.15) is 9.78 Å². The molecule has 26 heavy (non-hydrogen) atoms. The lowest BCUT2D eigenvalue weighted by molar-refractivity contribution is 0.0520. The van der Waals surface area contributed by atoms with Crippen molar-refractivity contribution >= 4 is 33.1 Å². The lowest BCUT2D eigenvalue weighted by Gasteiger charge is -2.10. The Kier molecular flexibility index (Phi) is 5.17. The number of rotatable bonds is 6. The number of esters is 1. The first-order valence-electron chi connectivity index (χ1n) is 7.83. The molecule has 3 aromatic rings. The Hall–Kier alpha value is -2.94. The van der Waals surface area contributed by atoms with E-state index in [1.807, 2.05) is 0 Å². The van der Waals surface area contributed by atoms with Crippen molar-refractivity contribution in [3.05, 3.63) is 45.7 Å². The van der Waals surface area contributed by atoms with Gasteiger partial charge in [0, 0.05) is 10.8 Å². The zero-order valence-corrected chi connectivity index (χ0v) is 14.7. The molecule has 0 amide bonds. The third-order valence-electron chi connectivity index (χ3n) is 3.58. The number of fused-ring (bicyclic) bond motifs is 1. The van der Waals surface area contributed by atoms with Crippen molar-refractivity contribution in [1.82, 2.24) is 9.78 Å². The second-order valence-electron chi connectivity index (χ2n) is 5.21. The first kappa shape index (κ1) is 17.9. The van der Waals surface area contributed by atoms with Crippen molar-refractivity contribution in [2.24, 2.45) is 0 Å². The summed E-state index contributed by atoms with van der Waals surface area (Å²) < 4.78 is 23.5. The highest BCUT2D eigenvalue weighted by Gasteiger charge is 2.21. The minimum atomic E-state index is -0.632. The number of benzene rings is 1. The largest absolute Gasteiger partial charge is 0.491 e. The Bertz CT molecular complexity index is 998. The molecule has 0 bridgehead atoms. The zero-order chi connectivity index (χ0) is 18.7. The van der Waals surface area contributed by atoms with E-state index in [1.165, 1.54) is 0 Å². The van der Waals surface area contributed by atoms with Gasteiger partial charge in [0.15, 0.2) is 5.69 Å². The summed E-state index contributed by atoms with van der Waals surface area (Å²) in [6.07, 6.45) is 0. The summed E-state index contributed by atoms with van der Waals surface area (Å²) in [5.74, 6) is -0.173. The predicted molar refractivity (Wildman–Crippen MR) is 97.1 cm³/mol. The van der Waals surface area contributed by atoms with Gasteiger partial charge in [0.05, 0.1) is 22.7 Å². The highest BCUT2D eigenvalue weighted by molar-refractivity contribution is 7.15. The SMILES string of the molecule is CCOC(=O)c1nn(-c2ccc(OCC[18F])cc2)c(=O)c2c(N)scc12. The summed E-state index contributed by atoms with van der Waals surface area (Å²) in [7, 11) is 0. The number of anilines is 1. The highest BCUT2D eigenvalue weighted by Crippen LogP contribution is 2.28. The van der Waals surface area contributed by atoms with E-state index in [9.17, 15) is 14.0 Å². The molecule has 0 atom stereocenters. The molecule has 0 spiro atoms. The number of hydrogen-bond donors (Lipinski definition) is 1. The monoisotopic (exact) mass is 376 g/mol. The third kappa shape index (κ3) is 3.25. The minimum absolute atomic E-state index is 0.0205. The number of nitrogens with zero attached hydrogens (tertiary/aromatic N) is 2. The lowest BCUT2D eigenvalue weighted by Crippen LogP contribution is -2.25. The van der Waals surface area contributed by atoms with E-state index >= 15 is 0 Å². The molecule has 9 heteroatoms. The van der Waals surface area contributed by atoms with Crippen LogP contribution in [0.2, 0.25) is 0 Å². The molecule has 7 nitrogen and oxygen atoms in total. The number of thiophene rings is 1. The number of nitrogen functional groups attached to an aromatic ring is 1. The molecule has 2 aromatic heterocycles. The molecular weight excluding hydrogens is 360 g/mol. The van der Waals surface area contributed by atoms with Crippen LogP contribution in [0.3, 0.4) is 0 Å². The molecule has 0 aliphatic heterocycles. The molecule has 0 aliphatic rings. The fourth-order valence-corrected chi connectivity index (χ4v) is 3.23. The van der Waals surface area contributed by atoms with Gasteiger partial charge in [0.25, 0.3) is 5.56 Å². The smallest absolute Gasteiger partial charge is 0.359 e. The van der Waals surface area contributed by atoms with E-state index in [-0.39, 0.29) is 24.3 Å². The fraction of sp³-hybridized carbons (Fsp3) is 0.235. The lowest BCUT2D eigenvalue weighted by atomic mass is 10.2. The van der Waals surface area contributed by atoms with Crippen molar-refractivity contribution in [2.45, 2.75) is 6.92 Å². The summed E-state index contributed by atoms with van der Waals surface area (Å²) >= 11 is 1.16. The molecule has 0 aliphatic carbocycles. The van der Waals surface area contributed by atoms with Gasteiger partial charge in [-0.25, -0.2) is 9.18 Å². The van der Waals surface area contributed by atoms with Crippen LogP contribution >= 0.6 is 11.3 Å². The van der Waals surface area contributed by atoms with Crippen molar-refractivity contribution in [3.8, 4) is 11.4 Å². The topological polar surface area (TPSA) is 96.4 Å². The van der Waals surface area contributed by atoms with E-state index in [0.717, 1.165) is 16.0 Å². The van der Waals surface area contributed by atoms with Crippen LogP contribution in [0.4, 0.5) is 9.39 Å². The van der Waals surface area contributed by atoms with Crippen molar-refractivity contribution in [3.63, 3.8) is 0 Å². The molecule has 3 rings (SSSR count). The Balaban J connectivity index is 2.13. The van der Waals surface area contributed by atoms with Crippen molar-refractivity contribution < 1.29 is 18.7 Å². The van der Waals surface area contributed by atoms with Crippen LogP contribution in [0.25, 0.3) is 16.5 Å². The van der Waals surface area contributed by atoms with Crippen LogP contribution in [-0.2, 0) is 4.74 Å². The highest BCUT2D eigenvalue weighted by atomic mass is 32.1. The van der Waals surface area contributed by atoms with E-state index in [1.54, 1.807) is 36.6 Å². The molecule has 0 saturated heterocycles. The van der Waals surface area contributed by atoms with Crippen LogP contribution in [0, 0.1) is 0 Å². The number of hydrogen-bond acceptors (Lipinski definition) is 7. The van der Waals surface area contributed by atoms with E-state index in [4.69, 9.17) is 15.2 Å². The van der Waals surface area contributed by atoms with Crippen LogP contribution in [0.5, 0.6) is 5.75 Å². The van der Waals surface area contributed by atoms with Crippen LogP contribution in [0.1, 0.15) is 17.4 Å². The summed E-state index contributed by atoms with van der Waals surface area (Å²) in [6.45, 7) is 1.21. The Morgan fingerprint density at radius 3 is 2.73 bits per heavy atom.